The van der Waals surface area contributed by atoms with Gasteiger partial charge < -0.3 is 10.2 Å². The molecule has 1 aliphatic heterocycles. The fourth-order valence-electron chi connectivity index (χ4n) is 3.11. The van der Waals surface area contributed by atoms with Crippen LogP contribution < -0.4 is 15.5 Å². The van der Waals surface area contributed by atoms with Crippen molar-refractivity contribution in [2.45, 2.75) is 19.9 Å². The molecule has 26 heavy (non-hydrogen) atoms. The lowest BCUT2D eigenvalue weighted by atomic mass is 10.2. The van der Waals surface area contributed by atoms with Crippen molar-refractivity contribution >= 4 is 28.8 Å². The maximum absolute atomic E-state index is 12.2. The standard InChI is InChI=1S/C16H24N8O2/c1-4-17-16(26)21-15(25)11(2)23-5-7-24(8-6-23)14-12-9-20-22(3)13(12)18-10-19-14/h9-11H,4-8H2,1-3H3,(H2,17,21,25,26)/t11-/m1/s1. The molecule has 3 heterocycles. The number of aryl methyl sites for hydroxylation is 1. The second kappa shape index (κ2) is 7.65. The van der Waals surface area contributed by atoms with Gasteiger partial charge in [0.25, 0.3) is 0 Å². The fraction of sp³-hybridized carbons (Fsp3) is 0.562. The maximum atomic E-state index is 12.2. The highest BCUT2D eigenvalue weighted by atomic mass is 16.2. The number of urea groups is 1. The second-order valence-corrected chi connectivity index (χ2v) is 6.25. The van der Waals surface area contributed by atoms with Gasteiger partial charge in [-0.1, -0.05) is 0 Å². The molecular formula is C16H24N8O2. The number of hydrogen-bond acceptors (Lipinski definition) is 7. The van der Waals surface area contributed by atoms with E-state index in [1.807, 2.05) is 14.0 Å². The molecule has 0 aromatic carbocycles. The minimum atomic E-state index is -0.456. The van der Waals surface area contributed by atoms with Crippen molar-refractivity contribution in [1.82, 2.24) is 35.3 Å². The Kier molecular flexibility index (Phi) is 5.31. The first kappa shape index (κ1) is 18.1. The smallest absolute Gasteiger partial charge is 0.321 e. The molecule has 1 atom stereocenters. The number of rotatable bonds is 4. The molecular weight excluding hydrogens is 336 g/mol. The van der Waals surface area contributed by atoms with Crippen molar-refractivity contribution in [2.24, 2.45) is 7.05 Å². The number of aromatic nitrogens is 4. The third-order valence-electron chi connectivity index (χ3n) is 4.62. The van der Waals surface area contributed by atoms with Crippen LogP contribution in [0.2, 0.25) is 0 Å². The second-order valence-electron chi connectivity index (χ2n) is 6.25. The molecule has 1 fully saturated rings. The van der Waals surface area contributed by atoms with Crippen LogP contribution in [0.1, 0.15) is 13.8 Å². The van der Waals surface area contributed by atoms with E-state index in [2.05, 4.69) is 35.5 Å². The SMILES string of the molecule is CCNC(=O)NC(=O)[C@@H](C)N1CCN(c2ncnc3c2cnn3C)CC1. The van der Waals surface area contributed by atoms with Crippen LogP contribution >= 0.6 is 0 Å². The zero-order chi connectivity index (χ0) is 18.7. The van der Waals surface area contributed by atoms with Crippen LogP contribution in [0.25, 0.3) is 11.0 Å². The van der Waals surface area contributed by atoms with E-state index >= 15 is 0 Å². The summed E-state index contributed by atoms with van der Waals surface area (Å²) in [6, 6.07) is -0.827. The Hall–Kier alpha value is -2.75. The van der Waals surface area contributed by atoms with Gasteiger partial charge in [-0.2, -0.15) is 5.10 Å². The molecule has 1 saturated heterocycles. The zero-order valence-electron chi connectivity index (χ0n) is 15.3. The molecule has 0 unspecified atom stereocenters. The van der Waals surface area contributed by atoms with E-state index in [1.54, 1.807) is 24.1 Å². The van der Waals surface area contributed by atoms with E-state index in [0.717, 1.165) is 29.9 Å². The highest BCUT2D eigenvalue weighted by Gasteiger charge is 2.27. The lowest BCUT2D eigenvalue weighted by molar-refractivity contribution is -0.124. The van der Waals surface area contributed by atoms with E-state index in [0.29, 0.717) is 19.6 Å². The van der Waals surface area contributed by atoms with Gasteiger partial charge in [0, 0.05) is 39.8 Å². The molecule has 0 aliphatic carbocycles. The van der Waals surface area contributed by atoms with Crippen LogP contribution in [-0.2, 0) is 11.8 Å². The average molecular weight is 360 g/mol. The van der Waals surface area contributed by atoms with E-state index in [9.17, 15) is 9.59 Å². The van der Waals surface area contributed by atoms with Crippen LogP contribution in [0.4, 0.5) is 10.6 Å². The molecule has 0 radical (unpaired) electrons. The zero-order valence-corrected chi connectivity index (χ0v) is 15.3. The van der Waals surface area contributed by atoms with Crippen LogP contribution in [-0.4, -0.2) is 75.4 Å². The average Bonchev–Trinajstić information content (AvgIpc) is 3.03. The topological polar surface area (TPSA) is 108 Å². The van der Waals surface area contributed by atoms with Gasteiger partial charge in [-0.05, 0) is 13.8 Å². The summed E-state index contributed by atoms with van der Waals surface area (Å²) in [7, 11) is 1.85. The number of anilines is 1. The summed E-state index contributed by atoms with van der Waals surface area (Å²) in [5.41, 5.74) is 0.798. The molecule has 0 spiro atoms. The van der Waals surface area contributed by atoms with E-state index in [1.165, 1.54) is 0 Å². The molecule has 0 bridgehead atoms. The molecule has 10 nitrogen and oxygen atoms in total. The van der Waals surface area contributed by atoms with Gasteiger partial charge in [0.05, 0.1) is 17.6 Å². The van der Waals surface area contributed by atoms with Crippen molar-refractivity contribution in [3.05, 3.63) is 12.5 Å². The van der Waals surface area contributed by atoms with Gasteiger partial charge in [0.2, 0.25) is 5.91 Å². The molecule has 0 saturated carbocycles. The Bertz CT molecular complexity index is 797. The predicted molar refractivity (Wildman–Crippen MR) is 96.8 cm³/mol. The van der Waals surface area contributed by atoms with E-state index in [-0.39, 0.29) is 11.9 Å². The summed E-state index contributed by atoms with van der Waals surface area (Å²) in [5, 5.41) is 10.1. The number of amides is 3. The Morgan fingerprint density at radius 2 is 1.96 bits per heavy atom. The maximum Gasteiger partial charge on any atom is 0.321 e. The number of imide groups is 1. The minimum Gasteiger partial charge on any atom is -0.353 e. The van der Waals surface area contributed by atoms with Crippen LogP contribution in [0, 0.1) is 0 Å². The van der Waals surface area contributed by atoms with Crippen LogP contribution in [0.15, 0.2) is 12.5 Å². The number of carbonyl (C=O) groups is 2. The normalized spacial score (nSPS) is 16.5. The lowest BCUT2D eigenvalue weighted by Crippen LogP contribution is -2.55. The van der Waals surface area contributed by atoms with Gasteiger partial charge in [0.1, 0.15) is 12.1 Å². The predicted octanol–water partition coefficient (Wildman–Crippen LogP) is -0.280. The Morgan fingerprint density at radius 1 is 1.23 bits per heavy atom. The van der Waals surface area contributed by atoms with Crippen LogP contribution in [0.3, 0.4) is 0 Å². The number of nitrogens with one attached hydrogen (secondary N) is 2. The van der Waals surface area contributed by atoms with Crippen molar-refractivity contribution in [3.8, 4) is 0 Å². The molecule has 2 N–H and O–H groups in total. The quantitative estimate of drug-likeness (QED) is 0.772. The molecule has 1 aliphatic rings. The van der Waals surface area contributed by atoms with Gasteiger partial charge in [-0.25, -0.2) is 14.8 Å². The van der Waals surface area contributed by atoms with E-state index < -0.39 is 6.03 Å². The number of nitrogens with zero attached hydrogens (tertiary/aromatic N) is 6. The van der Waals surface area contributed by atoms with Crippen LogP contribution in [0.5, 0.6) is 0 Å². The summed E-state index contributed by atoms with van der Waals surface area (Å²) in [6.07, 6.45) is 3.33. The first-order valence-corrected chi connectivity index (χ1v) is 8.71. The molecule has 10 heteroatoms. The van der Waals surface area contributed by atoms with Crippen molar-refractivity contribution in [2.75, 3.05) is 37.6 Å². The monoisotopic (exact) mass is 360 g/mol. The van der Waals surface area contributed by atoms with Gasteiger partial charge in [0.15, 0.2) is 5.65 Å². The first-order valence-electron chi connectivity index (χ1n) is 8.71. The van der Waals surface area contributed by atoms with Gasteiger partial charge in [-0.3, -0.25) is 19.7 Å². The molecule has 2 aromatic heterocycles. The molecule has 2 aromatic rings. The molecule has 3 rings (SSSR count). The highest BCUT2D eigenvalue weighted by Crippen LogP contribution is 2.23. The Morgan fingerprint density at radius 3 is 2.65 bits per heavy atom. The lowest BCUT2D eigenvalue weighted by Gasteiger charge is -2.37. The number of carbonyl (C=O) groups excluding carboxylic acids is 2. The van der Waals surface area contributed by atoms with Gasteiger partial charge in [-0.15, -0.1) is 0 Å². The number of hydrogen-bond donors (Lipinski definition) is 2. The highest BCUT2D eigenvalue weighted by molar-refractivity contribution is 5.96. The largest absolute Gasteiger partial charge is 0.353 e. The third-order valence-corrected chi connectivity index (χ3v) is 4.62. The summed E-state index contributed by atoms with van der Waals surface area (Å²) >= 11 is 0. The van der Waals surface area contributed by atoms with Crippen molar-refractivity contribution in [3.63, 3.8) is 0 Å². The third kappa shape index (κ3) is 3.59. The molecule has 3 amide bonds. The summed E-state index contributed by atoms with van der Waals surface area (Å²) < 4.78 is 1.73. The van der Waals surface area contributed by atoms with Crippen molar-refractivity contribution < 1.29 is 9.59 Å². The van der Waals surface area contributed by atoms with Gasteiger partial charge >= 0.3 is 6.03 Å². The summed E-state index contributed by atoms with van der Waals surface area (Å²) in [5.74, 6) is 0.572. The van der Waals surface area contributed by atoms with Crippen molar-refractivity contribution in [1.29, 1.82) is 0 Å². The fourth-order valence-corrected chi connectivity index (χ4v) is 3.11. The number of piperazine rings is 1. The van der Waals surface area contributed by atoms with E-state index in [4.69, 9.17) is 0 Å². The number of fused-ring (bicyclic) bond motifs is 1. The molecule has 140 valence electrons. The first-order chi connectivity index (χ1) is 12.5. The summed E-state index contributed by atoms with van der Waals surface area (Å²) in [4.78, 5) is 36.6. The Balaban J connectivity index is 1.62. The summed E-state index contributed by atoms with van der Waals surface area (Å²) in [6.45, 7) is 6.98. The minimum absolute atomic E-state index is 0.291. The Labute approximate surface area is 151 Å².